The maximum Gasteiger partial charge on any atom is 0.228 e. The van der Waals surface area contributed by atoms with Crippen LogP contribution in [0.5, 0.6) is 0 Å². The number of allylic oxidation sites excluding steroid dienone is 4. The van der Waals surface area contributed by atoms with Crippen molar-refractivity contribution >= 4 is 23.4 Å². The molecule has 2 aliphatic heterocycles. The summed E-state index contributed by atoms with van der Waals surface area (Å²) in [5.41, 5.74) is 11.0. The normalized spacial score (nSPS) is 32.9. The van der Waals surface area contributed by atoms with Gasteiger partial charge in [-0.3, -0.25) is 19.2 Å². The molecule has 2 amide bonds. The quantitative estimate of drug-likeness (QED) is 0.649. The fourth-order valence-electron chi connectivity index (χ4n) is 8.92. The van der Waals surface area contributed by atoms with Gasteiger partial charge in [-0.1, -0.05) is 55.5 Å². The van der Waals surface area contributed by atoms with Crippen molar-refractivity contribution in [2.75, 3.05) is 13.1 Å². The molecule has 6 aliphatic rings. The molecule has 2 saturated heterocycles. The number of hydrogen-bond donors (Lipinski definition) is 1. The summed E-state index contributed by atoms with van der Waals surface area (Å²) in [6.45, 7) is 3.34. The van der Waals surface area contributed by atoms with Crippen LogP contribution in [0.4, 0.5) is 0 Å². The van der Waals surface area contributed by atoms with Gasteiger partial charge in [-0.25, -0.2) is 0 Å². The maximum atomic E-state index is 13.6. The molecule has 4 aliphatic carbocycles. The molecule has 2 saturated carbocycles. The van der Waals surface area contributed by atoms with Crippen molar-refractivity contribution in [1.82, 2.24) is 9.80 Å². The molecule has 2 unspecified atom stereocenters. The van der Waals surface area contributed by atoms with Crippen molar-refractivity contribution in [2.24, 2.45) is 23.5 Å². The van der Waals surface area contributed by atoms with Crippen molar-refractivity contribution in [2.45, 2.75) is 49.5 Å². The summed E-state index contributed by atoms with van der Waals surface area (Å²) in [5, 5.41) is 0. The molecule has 2 spiro atoms. The number of benzene rings is 2. The molecule has 0 bridgehead atoms. The van der Waals surface area contributed by atoms with Crippen LogP contribution in [0, 0.1) is 17.8 Å². The largest absolute Gasteiger partial charge is 0.327 e. The molecule has 2 heterocycles. The smallest absolute Gasteiger partial charge is 0.228 e. The number of likely N-dealkylation sites (tertiary alicyclic amines) is 2. The summed E-state index contributed by atoms with van der Waals surface area (Å²) in [5.74, 6) is 0.533. The van der Waals surface area contributed by atoms with Gasteiger partial charge in [0.05, 0.1) is 0 Å². The van der Waals surface area contributed by atoms with Gasteiger partial charge in [0, 0.05) is 77.5 Å². The summed E-state index contributed by atoms with van der Waals surface area (Å²) in [4.78, 5) is 56.5. The average Bonchev–Trinajstić information content (AvgIpc) is 3.21. The van der Waals surface area contributed by atoms with E-state index in [1.807, 2.05) is 48.5 Å². The molecule has 2 aromatic rings. The number of fused-ring (bicyclic) bond motifs is 2. The van der Waals surface area contributed by atoms with E-state index in [1.54, 1.807) is 22.0 Å². The van der Waals surface area contributed by atoms with Gasteiger partial charge in [0.25, 0.3) is 0 Å². The molecule has 2 N–H and O–H groups in total. The van der Waals surface area contributed by atoms with E-state index in [0.29, 0.717) is 24.9 Å². The van der Waals surface area contributed by atoms with Crippen molar-refractivity contribution in [3.8, 4) is 0 Å². The molecule has 8 rings (SSSR count). The van der Waals surface area contributed by atoms with Crippen LogP contribution in [0.25, 0.3) is 0 Å². The third-order valence-electron chi connectivity index (χ3n) is 10.9. The van der Waals surface area contributed by atoms with Crippen LogP contribution in [0.2, 0.25) is 0 Å². The second kappa shape index (κ2) is 7.88. The van der Waals surface area contributed by atoms with E-state index < -0.39 is 6.04 Å². The fourth-order valence-corrected chi connectivity index (χ4v) is 8.92. The van der Waals surface area contributed by atoms with E-state index in [0.717, 1.165) is 46.5 Å². The Kier molecular flexibility index (Phi) is 4.73. The van der Waals surface area contributed by atoms with E-state index in [-0.39, 0.29) is 53.0 Å². The lowest BCUT2D eigenvalue weighted by Gasteiger charge is -2.47. The van der Waals surface area contributed by atoms with E-state index >= 15 is 0 Å². The molecule has 202 valence electrons. The number of carbonyl (C=O) groups excluding carboxylic acids is 4. The first-order valence-corrected chi connectivity index (χ1v) is 14.4. The highest BCUT2D eigenvalue weighted by Gasteiger charge is 2.72. The van der Waals surface area contributed by atoms with Crippen LogP contribution in [0.3, 0.4) is 0 Å². The van der Waals surface area contributed by atoms with Crippen LogP contribution < -0.4 is 5.73 Å². The lowest BCUT2D eigenvalue weighted by Crippen LogP contribution is -2.45. The van der Waals surface area contributed by atoms with E-state index in [9.17, 15) is 19.2 Å². The summed E-state index contributed by atoms with van der Waals surface area (Å²) in [6.07, 6.45) is 5.29. The minimum Gasteiger partial charge on any atom is -0.327 e. The van der Waals surface area contributed by atoms with Gasteiger partial charge in [0.15, 0.2) is 11.6 Å². The second-order valence-electron chi connectivity index (χ2n) is 12.5. The Morgan fingerprint density at radius 2 is 1.45 bits per heavy atom. The van der Waals surface area contributed by atoms with Crippen LogP contribution in [0.1, 0.15) is 64.4 Å². The predicted octanol–water partition coefficient (Wildman–Crippen LogP) is 3.49. The number of nitrogens with two attached hydrogens (primary N) is 1. The summed E-state index contributed by atoms with van der Waals surface area (Å²) in [7, 11) is 0. The maximum absolute atomic E-state index is 13.6. The number of amides is 2. The molecule has 40 heavy (non-hydrogen) atoms. The van der Waals surface area contributed by atoms with Crippen LogP contribution in [-0.4, -0.2) is 52.3 Å². The van der Waals surface area contributed by atoms with Gasteiger partial charge in [-0.05, 0) is 41.7 Å². The Bertz CT molecular complexity index is 1620. The Morgan fingerprint density at radius 1 is 0.875 bits per heavy atom. The Balaban J connectivity index is 0.995. The molecule has 0 radical (unpaired) electrons. The fraction of sp³-hybridized carbons (Fsp3) is 0.394. The SMILES string of the molecule is C[C@@H]1[C@@H]2CN(C(=O)CC(N)CC(=O)N3C[C@H]4CCC45C3=CC(=O)c3ccccc35)C3=CC(=O)c4ccccc4[C@@]312. The summed E-state index contributed by atoms with van der Waals surface area (Å²) < 4.78 is 0. The van der Waals surface area contributed by atoms with Gasteiger partial charge in [0.1, 0.15) is 0 Å². The van der Waals surface area contributed by atoms with E-state index in [2.05, 4.69) is 6.92 Å². The zero-order valence-corrected chi connectivity index (χ0v) is 22.4. The average molecular weight is 534 g/mol. The van der Waals surface area contributed by atoms with Gasteiger partial charge < -0.3 is 15.5 Å². The molecule has 7 heteroatoms. The highest BCUT2D eigenvalue weighted by Crippen LogP contribution is 2.70. The van der Waals surface area contributed by atoms with Crippen LogP contribution in [0.15, 0.2) is 72.1 Å². The Morgan fingerprint density at radius 3 is 2.10 bits per heavy atom. The lowest BCUT2D eigenvalue weighted by molar-refractivity contribution is -0.131. The molecule has 0 aromatic heterocycles. The van der Waals surface area contributed by atoms with Gasteiger partial charge in [0.2, 0.25) is 11.8 Å². The third-order valence-corrected chi connectivity index (χ3v) is 10.9. The van der Waals surface area contributed by atoms with Crippen LogP contribution in [-0.2, 0) is 20.4 Å². The van der Waals surface area contributed by atoms with Crippen LogP contribution >= 0.6 is 0 Å². The number of rotatable bonds is 4. The number of carbonyl (C=O) groups is 4. The predicted molar refractivity (Wildman–Crippen MR) is 147 cm³/mol. The highest BCUT2D eigenvalue weighted by molar-refractivity contribution is 6.10. The molecule has 2 aromatic carbocycles. The minimum atomic E-state index is -0.654. The highest BCUT2D eigenvalue weighted by atomic mass is 16.2. The summed E-state index contributed by atoms with van der Waals surface area (Å²) in [6, 6.07) is 14.8. The van der Waals surface area contributed by atoms with Gasteiger partial charge in [-0.15, -0.1) is 0 Å². The summed E-state index contributed by atoms with van der Waals surface area (Å²) >= 11 is 0. The van der Waals surface area contributed by atoms with Crippen molar-refractivity contribution in [3.05, 3.63) is 94.3 Å². The number of piperidine rings is 1. The van der Waals surface area contributed by atoms with Crippen molar-refractivity contribution in [1.29, 1.82) is 0 Å². The molecular formula is C33H31N3O4. The van der Waals surface area contributed by atoms with E-state index in [1.165, 1.54) is 0 Å². The van der Waals surface area contributed by atoms with Crippen molar-refractivity contribution < 1.29 is 19.2 Å². The first-order chi connectivity index (χ1) is 19.3. The monoisotopic (exact) mass is 533 g/mol. The zero-order valence-electron chi connectivity index (χ0n) is 22.4. The molecule has 6 atom stereocenters. The topological polar surface area (TPSA) is 101 Å². The Hall–Kier alpha value is -3.84. The molecule has 4 fully saturated rings. The Labute approximate surface area is 232 Å². The zero-order chi connectivity index (χ0) is 27.6. The standard InChI is InChI=1S/C33H31N3O4/c1-18-25-17-36(29-15-27(38)22-7-3-5-9-24(22)33(18,25)29)31(40)13-20(34)12-30(39)35-16-19-10-11-32(19)23-8-4-2-6-21(23)26(37)14-28(32)35/h2-9,14-15,18-20,25H,10-13,16-17,34H2,1H3/t18-,19-,20?,25+,32?,33+/m1/s1. The minimum absolute atomic E-state index is 0.0271. The number of hydrogen-bond acceptors (Lipinski definition) is 5. The van der Waals surface area contributed by atoms with E-state index in [4.69, 9.17) is 5.73 Å². The third kappa shape index (κ3) is 2.78. The second-order valence-corrected chi connectivity index (χ2v) is 12.5. The van der Waals surface area contributed by atoms with Gasteiger partial charge >= 0.3 is 0 Å². The molecular weight excluding hydrogens is 502 g/mol. The van der Waals surface area contributed by atoms with Crippen molar-refractivity contribution in [3.63, 3.8) is 0 Å². The lowest BCUT2D eigenvalue weighted by atomic mass is 9.55. The molecule has 7 nitrogen and oxygen atoms in total. The first kappa shape index (κ1) is 24.0. The van der Waals surface area contributed by atoms with Gasteiger partial charge in [-0.2, -0.15) is 0 Å². The number of ketones is 2. The first-order valence-electron chi connectivity index (χ1n) is 14.4. The number of nitrogens with zero attached hydrogens (tertiary/aromatic N) is 2.